The molecule has 4 nitrogen and oxygen atoms in total. The Hall–Kier alpha value is -2.04. The second kappa shape index (κ2) is 6.46. The van der Waals surface area contributed by atoms with Crippen molar-refractivity contribution in [3.8, 4) is 5.75 Å². The fourth-order valence-electron chi connectivity index (χ4n) is 3.03. The fraction of sp³-hybridized carbons (Fsp3) is 0.222. The van der Waals surface area contributed by atoms with E-state index in [1.807, 2.05) is 37.3 Å². The number of para-hydroxylation sites is 1. The van der Waals surface area contributed by atoms with Gasteiger partial charge in [-0.25, -0.2) is 0 Å². The normalized spacial score (nSPS) is 20.2. The number of benzene rings is 2. The van der Waals surface area contributed by atoms with E-state index >= 15 is 0 Å². The standard InChI is InChI=1S/C18H16Cl2N2O2/c1-10-16(11(2)23)17(14-8-12(19)9-15(20)18(14)24)21-22(10)13-6-4-3-5-7-13/h3-10,16,24H,1-2H3. The van der Waals surface area contributed by atoms with E-state index < -0.39 is 5.92 Å². The predicted molar refractivity (Wildman–Crippen MR) is 97.2 cm³/mol. The van der Waals surface area contributed by atoms with E-state index in [0.717, 1.165) is 5.69 Å². The van der Waals surface area contributed by atoms with Gasteiger partial charge in [0.2, 0.25) is 0 Å². The number of anilines is 1. The molecule has 0 spiro atoms. The number of phenols is 1. The van der Waals surface area contributed by atoms with Crippen molar-refractivity contribution >= 4 is 40.4 Å². The number of aromatic hydroxyl groups is 1. The summed E-state index contributed by atoms with van der Waals surface area (Å²) >= 11 is 12.1. The van der Waals surface area contributed by atoms with Gasteiger partial charge in [-0.05, 0) is 38.1 Å². The van der Waals surface area contributed by atoms with Crippen LogP contribution >= 0.6 is 23.2 Å². The van der Waals surface area contributed by atoms with Crippen LogP contribution in [0.25, 0.3) is 0 Å². The molecule has 124 valence electrons. The van der Waals surface area contributed by atoms with Crippen molar-refractivity contribution in [1.82, 2.24) is 0 Å². The maximum absolute atomic E-state index is 12.2. The maximum Gasteiger partial charge on any atom is 0.143 e. The first-order chi connectivity index (χ1) is 11.4. The summed E-state index contributed by atoms with van der Waals surface area (Å²) in [7, 11) is 0. The van der Waals surface area contributed by atoms with Crippen LogP contribution in [0.15, 0.2) is 47.6 Å². The quantitative estimate of drug-likeness (QED) is 0.873. The molecule has 1 aliphatic heterocycles. The Morgan fingerprint density at radius 1 is 1.21 bits per heavy atom. The number of rotatable bonds is 3. The highest BCUT2D eigenvalue weighted by atomic mass is 35.5. The van der Waals surface area contributed by atoms with Crippen LogP contribution in [0.2, 0.25) is 10.0 Å². The highest BCUT2D eigenvalue weighted by Crippen LogP contribution is 2.37. The number of hydrazone groups is 1. The van der Waals surface area contributed by atoms with Gasteiger partial charge in [-0.15, -0.1) is 0 Å². The molecule has 2 atom stereocenters. The first kappa shape index (κ1) is 16.8. The summed E-state index contributed by atoms with van der Waals surface area (Å²) in [6.45, 7) is 3.45. The zero-order valence-corrected chi connectivity index (χ0v) is 14.7. The first-order valence-electron chi connectivity index (χ1n) is 7.51. The van der Waals surface area contributed by atoms with E-state index in [1.54, 1.807) is 11.1 Å². The predicted octanol–water partition coefficient (Wildman–Crippen LogP) is 4.52. The number of Topliss-reactive ketones (excluding diaryl/α,β-unsaturated/α-hetero) is 1. The second-order valence-corrected chi connectivity index (χ2v) is 6.62. The van der Waals surface area contributed by atoms with Gasteiger partial charge in [0.15, 0.2) is 0 Å². The topological polar surface area (TPSA) is 52.9 Å². The van der Waals surface area contributed by atoms with Gasteiger partial charge in [-0.2, -0.15) is 5.10 Å². The SMILES string of the molecule is CC(=O)C1C(c2cc(Cl)cc(Cl)c2O)=NN(c2ccccc2)C1C. The summed E-state index contributed by atoms with van der Waals surface area (Å²) in [4.78, 5) is 12.2. The molecule has 24 heavy (non-hydrogen) atoms. The number of halogens is 2. The minimum absolute atomic E-state index is 0.0322. The molecule has 0 aliphatic carbocycles. The molecule has 1 aliphatic rings. The summed E-state index contributed by atoms with van der Waals surface area (Å²) < 4.78 is 0. The Balaban J connectivity index is 2.15. The van der Waals surface area contributed by atoms with Crippen LogP contribution in [0.3, 0.4) is 0 Å². The third kappa shape index (κ3) is 2.87. The van der Waals surface area contributed by atoms with Crippen molar-refractivity contribution in [3.63, 3.8) is 0 Å². The summed E-state index contributed by atoms with van der Waals surface area (Å²) in [6, 6.07) is 12.4. The van der Waals surface area contributed by atoms with E-state index in [1.165, 1.54) is 13.0 Å². The zero-order valence-electron chi connectivity index (χ0n) is 13.2. The minimum Gasteiger partial charge on any atom is -0.506 e. The summed E-state index contributed by atoms with van der Waals surface area (Å²) in [5.74, 6) is -0.631. The van der Waals surface area contributed by atoms with E-state index in [0.29, 0.717) is 16.3 Å². The Morgan fingerprint density at radius 2 is 1.88 bits per heavy atom. The van der Waals surface area contributed by atoms with Gasteiger partial charge in [-0.1, -0.05) is 41.4 Å². The van der Waals surface area contributed by atoms with Crippen LogP contribution in [0.1, 0.15) is 19.4 Å². The van der Waals surface area contributed by atoms with Crippen LogP contribution in [0.4, 0.5) is 5.69 Å². The van der Waals surface area contributed by atoms with E-state index in [4.69, 9.17) is 23.2 Å². The first-order valence-corrected chi connectivity index (χ1v) is 8.27. The van der Waals surface area contributed by atoms with Crippen LogP contribution in [-0.4, -0.2) is 22.6 Å². The van der Waals surface area contributed by atoms with Gasteiger partial charge in [0.05, 0.1) is 28.4 Å². The zero-order chi connectivity index (χ0) is 17.4. The van der Waals surface area contributed by atoms with Crippen molar-refractivity contribution in [2.75, 3.05) is 5.01 Å². The Bertz CT molecular complexity index is 821. The molecule has 1 N–H and O–H groups in total. The molecule has 0 radical (unpaired) electrons. The Morgan fingerprint density at radius 3 is 2.50 bits per heavy atom. The number of nitrogens with zero attached hydrogens (tertiary/aromatic N) is 2. The maximum atomic E-state index is 12.2. The molecule has 0 saturated carbocycles. The molecule has 2 unspecified atom stereocenters. The molecule has 2 aromatic carbocycles. The summed E-state index contributed by atoms with van der Waals surface area (Å²) in [6.07, 6.45) is 0. The number of carbonyl (C=O) groups excluding carboxylic acids is 1. The third-order valence-corrected chi connectivity index (χ3v) is 4.65. The molecule has 3 rings (SSSR count). The lowest BCUT2D eigenvalue weighted by atomic mass is 9.88. The monoisotopic (exact) mass is 362 g/mol. The molecule has 0 fully saturated rings. The number of ketones is 1. The average Bonchev–Trinajstić information content (AvgIpc) is 2.89. The van der Waals surface area contributed by atoms with E-state index in [2.05, 4.69) is 5.10 Å². The van der Waals surface area contributed by atoms with Crippen molar-refractivity contribution in [1.29, 1.82) is 0 Å². The molecule has 0 amide bonds. The molecular weight excluding hydrogens is 347 g/mol. The van der Waals surface area contributed by atoms with Gasteiger partial charge in [0.25, 0.3) is 0 Å². The molecule has 1 heterocycles. The van der Waals surface area contributed by atoms with Crippen molar-refractivity contribution < 1.29 is 9.90 Å². The van der Waals surface area contributed by atoms with E-state index in [-0.39, 0.29) is 22.6 Å². The lowest BCUT2D eigenvalue weighted by Gasteiger charge is -2.23. The number of carbonyl (C=O) groups is 1. The smallest absolute Gasteiger partial charge is 0.143 e. The van der Waals surface area contributed by atoms with Gasteiger partial charge in [0.1, 0.15) is 11.5 Å². The van der Waals surface area contributed by atoms with Gasteiger partial charge in [-0.3, -0.25) is 9.80 Å². The lowest BCUT2D eigenvalue weighted by molar-refractivity contribution is -0.119. The Labute approximate surface area is 150 Å². The lowest BCUT2D eigenvalue weighted by Crippen LogP contribution is -2.34. The van der Waals surface area contributed by atoms with Gasteiger partial charge >= 0.3 is 0 Å². The minimum atomic E-state index is -0.481. The largest absolute Gasteiger partial charge is 0.506 e. The number of hydrogen-bond donors (Lipinski definition) is 1. The number of hydrogen-bond acceptors (Lipinski definition) is 4. The molecule has 0 bridgehead atoms. The second-order valence-electron chi connectivity index (χ2n) is 5.78. The number of phenolic OH excluding ortho intramolecular Hbond substituents is 1. The van der Waals surface area contributed by atoms with Gasteiger partial charge in [0, 0.05) is 10.6 Å². The van der Waals surface area contributed by atoms with Crippen molar-refractivity contribution in [3.05, 3.63) is 58.1 Å². The van der Waals surface area contributed by atoms with Crippen LogP contribution in [0, 0.1) is 5.92 Å². The molecule has 2 aromatic rings. The van der Waals surface area contributed by atoms with Crippen LogP contribution in [-0.2, 0) is 4.79 Å². The molecule has 0 aromatic heterocycles. The highest BCUT2D eigenvalue weighted by Gasteiger charge is 2.39. The van der Waals surface area contributed by atoms with E-state index in [9.17, 15) is 9.90 Å². The van der Waals surface area contributed by atoms with Crippen molar-refractivity contribution in [2.24, 2.45) is 11.0 Å². The van der Waals surface area contributed by atoms with Crippen LogP contribution < -0.4 is 5.01 Å². The fourth-order valence-corrected chi connectivity index (χ4v) is 3.52. The van der Waals surface area contributed by atoms with Gasteiger partial charge < -0.3 is 5.11 Å². The average molecular weight is 363 g/mol. The van der Waals surface area contributed by atoms with Crippen LogP contribution in [0.5, 0.6) is 5.75 Å². The molecule has 0 saturated heterocycles. The third-order valence-electron chi connectivity index (χ3n) is 4.14. The molecule has 6 heteroatoms. The molecular formula is C18H16Cl2N2O2. The summed E-state index contributed by atoms with van der Waals surface area (Å²) in [5, 5.41) is 17.2. The van der Waals surface area contributed by atoms with Crippen molar-refractivity contribution in [2.45, 2.75) is 19.9 Å². The highest BCUT2D eigenvalue weighted by molar-refractivity contribution is 6.36. The Kier molecular flexibility index (Phi) is 4.52. The summed E-state index contributed by atoms with van der Waals surface area (Å²) in [5.41, 5.74) is 1.73.